The molecule has 1 aromatic rings. The predicted octanol–water partition coefficient (Wildman–Crippen LogP) is 6.52. The molecule has 2 heteroatoms. The summed E-state index contributed by atoms with van der Waals surface area (Å²) in [5, 5.41) is 4.68. The smallest absolute Gasteiger partial charge is 0.0453 e. The van der Waals surface area contributed by atoms with E-state index in [0.717, 1.165) is 5.02 Å². The van der Waals surface area contributed by atoms with Crippen LogP contribution in [0, 0.1) is 0 Å². The first-order chi connectivity index (χ1) is 10.2. The molecule has 0 bridgehead atoms. The van der Waals surface area contributed by atoms with E-state index in [1.165, 1.54) is 56.9 Å². The van der Waals surface area contributed by atoms with Crippen LogP contribution in [0.15, 0.2) is 24.3 Å². The van der Waals surface area contributed by atoms with Gasteiger partial charge >= 0.3 is 0 Å². The molecule has 120 valence electrons. The second-order valence-electron chi connectivity index (χ2n) is 6.10. The average Bonchev–Trinajstić information content (AvgIpc) is 2.48. The van der Waals surface area contributed by atoms with Crippen LogP contribution in [0.25, 0.3) is 0 Å². The zero-order valence-electron chi connectivity index (χ0n) is 14.0. The first-order valence-electron chi connectivity index (χ1n) is 8.69. The van der Waals surface area contributed by atoms with Crippen LogP contribution in [0.2, 0.25) is 5.02 Å². The molecule has 0 saturated carbocycles. The standard InChI is InChI=1S/C19H32ClN/c1-4-6-8-12-17(13-9-7-5-2)21-16(3)18-14-10-11-15-19(18)20/h10-11,14-17,21H,4-9,12-13H2,1-3H3/t16-/m1/s1. The van der Waals surface area contributed by atoms with Gasteiger partial charge in [0.2, 0.25) is 0 Å². The van der Waals surface area contributed by atoms with Crippen LogP contribution in [0.4, 0.5) is 0 Å². The Morgan fingerprint density at radius 1 is 0.952 bits per heavy atom. The fourth-order valence-corrected chi connectivity index (χ4v) is 3.16. The van der Waals surface area contributed by atoms with Crippen molar-refractivity contribution in [3.8, 4) is 0 Å². The molecule has 21 heavy (non-hydrogen) atoms. The van der Waals surface area contributed by atoms with Gasteiger partial charge in [-0.15, -0.1) is 0 Å². The summed E-state index contributed by atoms with van der Waals surface area (Å²) in [6, 6.07) is 9.13. The Kier molecular flexibility index (Phi) is 9.78. The van der Waals surface area contributed by atoms with Crippen LogP contribution in [-0.2, 0) is 0 Å². The highest BCUT2D eigenvalue weighted by molar-refractivity contribution is 6.31. The van der Waals surface area contributed by atoms with E-state index in [1.807, 2.05) is 12.1 Å². The van der Waals surface area contributed by atoms with Gasteiger partial charge < -0.3 is 5.32 Å². The van der Waals surface area contributed by atoms with E-state index in [-0.39, 0.29) is 0 Å². The number of rotatable bonds is 11. The molecule has 0 aliphatic rings. The third-order valence-electron chi connectivity index (χ3n) is 4.17. The lowest BCUT2D eigenvalue weighted by Gasteiger charge is -2.24. The molecule has 0 aliphatic carbocycles. The maximum atomic E-state index is 6.32. The highest BCUT2D eigenvalue weighted by Crippen LogP contribution is 2.24. The van der Waals surface area contributed by atoms with Crippen LogP contribution < -0.4 is 5.32 Å². The second-order valence-corrected chi connectivity index (χ2v) is 6.51. The first kappa shape index (κ1) is 18.5. The van der Waals surface area contributed by atoms with Crippen LogP contribution in [0.5, 0.6) is 0 Å². The van der Waals surface area contributed by atoms with Gasteiger partial charge in [0, 0.05) is 17.1 Å². The minimum atomic E-state index is 0.326. The Morgan fingerprint density at radius 3 is 2.05 bits per heavy atom. The minimum Gasteiger partial charge on any atom is -0.307 e. The molecule has 1 atom stereocenters. The number of hydrogen-bond donors (Lipinski definition) is 1. The van der Waals surface area contributed by atoms with Crippen LogP contribution in [-0.4, -0.2) is 6.04 Å². The minimum absolute atomic E-state index is 0.326. The van der Waals surface area contributed by atoms with Gasteiger partial charge in [0.05, 0.1) is 0 Å². The fraction of sp³-hybridized carbons (Fsp3) is 0.684. The van der Waals surface area contributed by atoms with Crippen molar-refractivity contribution >= 4 is 11.6 Å². The summed E-state index contributed by atoms with van der Waals surface area (Å²) in [4.78, 5) is 0. The van der Waals surface area contributed by atoms with Crippen LogP contribution in [0.1, 0.15) is 83.7 Å². The largest absolute Gasteiger partial charge is 0.307 e. The average molecular weight is 310 g/mol. The monoisotopic (exact) mass is 309 g/mol. The zero-order valence-corrected chi connectivity index (χ0v) is 14.8. The summed E-state index contributed by atoms with van der Waals surface area (Å²) < 4.78 is 0. The van der Waals surface area contributed by atoms with E-state index in [1.54, 1.807) is 0 Å². The Morgan fingerprint density at radius 2 is 1.52 bits per heavy atom. The van der Waals surface area contributed by atoms with Gasteiger partial charge in [-0.05, 0) is 31.4 Å². The van der Waals surface area contributed by atoms with E-state index in [0.29, 0.717) is 12.1 Å². The Bertz CT molecular complexity index is 368. The number of benzene rings is 1. The van der Waals surface area contributed by atoms with Gasteiger partial charge in [-0.2, -0.15) is 0 Å². The molecule has 1 aromatic carbocycles. The normalized spacial score (nSPS) is 12.8. The number of unbranched alkanes of at least 4 members (excludes halogenated alkanes) is 4. The topological polar surface area (TPSA) is 12.0 Å². The van der Waals surface area contributed by atoms with Crippen molar-refractivity contribution in [1.82, 2.24) is 5.32 Å². The fourth-order valence-electron chi connectivity index (χ4n) is 2.86. The molecular formula is C19H32ClN. The summed E-state index contributed by atoms with van der Waals surface area (Å²) >= 11 is 6.32. The second kappa shape index (κ2) is 11.1. The van der Waals surface area contributed by atoms with Gasteiger partial charge in [0.25, 0.3) is 0 Å². The number of halogens is 1. The molecule has 0 aliphatic heterocycles. The lowest BCUT2D eigenvalue weighted by Crippen LogP contribution is -2.31. The molecular weight excluding hydrogens is 278 g/mol. The Balaban J connectivity index is 2.54. The molecule has 0 heterocycles. The first-order valence-corrected chi connectivity index (χ1v) is 9.07. The lowest BCUT2D eigenvalue weighted by molar-refractivity contribution is 0.384. The van der Waals surface area contributed by atoms with E-state index >= 15 is 0 Å². The quantitative estimate of drug-likeness (QED) is 0.459. The van der Waals surface area contributed by atoms with E-state index in [4.69, 9.17) is 11.6 Å². The third kappa shape index (κ3) is 7.33. The van der Waals surface area contributed by atoms with Crippen molar-refractivity contribution in [3.63, 3.8) is 0 Å². The summed E-state index contributed by atoms with van der Waals surface area (Å²) in [6.07, 6.45) is 10.5. The Labute approximate surface area is 136 Å². The van der Waals surface area contributed by atoms with Crippen LogP contribution >= 0.6 is 11.6 Å². The van der Waals surface area contributed by atoms with Crippen molar-refractivity contribution in [1.29, 1.82) is 0 Å². The molecule has 0 spiro atoms. The molecule has 1 N–H and O–H groups in total. The van der Waals surface area contributed by atoms with Gasteiger partial charge in [0.1, 0.15) is 0 Å². The SMILES string of the molecule is CCCCCC(CCCCC)N[C@H](C)c1ccccc1Cl. The molecule has 1 nitrogen and oxygen atoms in total. The zero-order chi connectivity index (χ0) is 15.5. The van der Waals surface area contributed by atoms with E-state index in [9.17, 15) is 0 Å². The van der Waals surface area contributed by atoms with Crippen molar-refractivity contribution in [3.05, 3.63) is 34.9 Å². The van der Waals surface area contributed by atoms with Gasteiger partial charge in [-0.3, -0.25) is 0 Å². The molecule has 0 aromatic heterocycles. The highest BCUT2D eigenvalue weighted by atomic mass is 35.5. The predicted molar refractivity (Wildman–Crippen MR) is 95.1 cm³/mol. The summed E-state index contributed by atoms with van der Waals surface area (Å²) in [7, 11) is 0. The van der Waals surface area contributed by atoms with Crippen molar-refractivity contribution in [2.45, 2.75) is 84.2 Å². The van der Waals surface area contributed by atoms with Crippen molar-refractivity contribution in [2.75, 3.05) is 0 Å². The van der Waals surface area contributed by atoms with Crippen molar-refractivity contribution < 1.29 is 0 Å². The Hall–Kier alpha value is -0.530. The third-order valence-corrected chi connectivity index (χ3v) is 4.51. The lowest BCUT2D eigenvalue weighted by atomic mass is 9.99. The summed E-state index contributed by atoms with van der Waals surface area (Å²) in [5.74, 6) is 0. The van der Waals surface area contributed by atoms with Crippen molar-refractivity contribution in [2.24, 2.45) is 0 Å². The van der Waals surface area contributed by atoms with Gasteiger partial charge in [-0.25, -0.2) is 0 Å². The molecule has 0 radical (unpaired) electrons. The molecule has 0 saturated heterocycles. The molecule has 0 unspecified atom stereocenters. The maximum absolute atomic E-state index is 6.32. The van der Waals surface area contributed by atoms with E-state index in [2.05, 4.69) is 38.2 Å². The van der Waals surface area contributed by atoms with Gasteiger partial charge in [0.15, 0.2) is 0 Å². The van der Waals surface area contributed by atoms with E-state index < -0.39 is 0 Å². The molecule has 0 amide bonds. The van der Waals surface area contributed by atoms with Gasteiger partial charge in [-0.1, -0.05) is 82.2 Å². The summed E-state index contributed by atoms with van der Waals surface area (Å²) in [5.41, 5.74) is 1.22. The molecule has 0 fully saturated rings. The van der Waals surface area contributed by atoms with Crippen LogP contribution in [0.3, 0.4) is 0 Å². The number of nitrogens with one attached hydrogen (secondary N) is 1. The molecule has 1 rings (SSSR count). The highest BCUT2D eigenvalue weighted by Gasteiger charge is 2.14. The summed E-state index contributed by atoms with van der Waals surface area (Å²) in [6.45, 7) is 6.77. The maximum Gasteiger partial charge on any atom is 0.0453 e. The number of hydrogen-bond acceptors (Lipinski definition) is 1.